The molecule has 0 bridgehead atoms. The molecule has 2 N–H and O–H groups in total. The average molecular weight is 545 g/mol. The summed E-state index contributed by atoms with van der Waals surface area (Å²) in [6.07, 6.45) is 11.7. The van der Waals surface area contributed by atoms with E-state index in [2.05, 4.69) is 29.4 Å². The number of fused-ring (bicyclic) bond motifs is 1. The number of hydrogen-bond acceptors (Lipinski definition) is 7. The van der Waals surface area contributed by atoms with Crippen molar-refractivity contribution in [1.82, 2.24) is 30.5 Å². The SMILES string of the molecule is C=CCOC(=O)NCCC[C@H]1C(=O)N(CC2CCCO2)C[C@H]2N1C(=O)CN(C)N2C(=O)NCC1C=CC=CC1. The fourth-order valence-electron chi connectivity index (χ4n) is 5.53. The highest BCUT2D eigenvalue weighted by Crippen LogP contribution is 2.29. The van der Waals surface area contributed by atoms with E-state index in [0.717, 1.165) is 19.3 Å². The molecule has 3 saturated heterocycles. The topological polar surface area (TPSA) is 124 Å². The highest BCUT2D eigenvalue weighted by Gasteiger charge is 2.50. The Bertz CT molecular complexity index is 980. The third-order valence-electron chi connectivity index (χ3n) is 7.44. The van der Waals surface area contributed by atoms with Gasteiger partial charge in [0, 0.05) is 33.3 Å². The third kappa shape index (κ3) is 7.18. The number of hydrogen-bond donors (Lipinski definition) is 2. The van der Waals surface area contributed by atoms with Crippen molar-refractivity contribution >= 4 is 23.9 Å². The largest absolute Gasteiger partial charge is 0.445 e. The van der Waals surface area contributed by atoms with Crippen LogP contribution >= 0.6 is 0 Å². The Balaban J connectivity index is 1.47. The lowest BCUT2D eigenvalue weighted by molar-refractivity contribution is -0.188. The maximum atomic E-state index is 13.7. The Kier molecular flexibility index (Phi) is 9.99. The van der Waals surface area contributed by atoms with Crippen molar-refractivity contribution in [3.8, 4) is 0 Å². The van der Waals surface area contributed by atoms with E-state index >= 15 is 0 Å². The van der Waals surface area contributed by atoms with Crippen molar-refractivity contribution in [2.24, 2.45) is 5.92 Å². The number of carbonyl (C=O) groups is 4. The van der Waals surface area contributed by atoms with Gasteiger partial charge in [-0.05, 0) is 38.0 Å². The van der Waals surface area contributed by atoms with Gasteiger partial charge in [-0.1, -0.05) is 37.0 Å². The van der Waals surface area contributed by atoms with Crippen LogP contribution in [0.5, 0.6) is 0 Å². The van der Waals surface area contributed by atoms with Gasteiger partial charge in [-0.25, -0.2) is 19.6 Å². The molecule has 3 fully saturated rings. The highest BCUT2D eigenvalue weighted by atomic mass is 16.5. The van der Waals surface area contributed by atoms with Gasteiger partial charge in [0.05, 0.1) is 19.2 Å². The van der Waals surface area contributed by atoms with E-state index in [1.165, 1.54) is 6.08 Å². The molecule has 3 aliphatic heterocycles. The zero-order valence-electron chi connectivity index (χ0n) is 22.6. The summed E-state index contributed by atoms with van der Waals surface area (Å²) in [4.78, 5) is 55.5. The van der Waals surface area contributed by atoms with E-state index in [9.17, 15) is 19.2 Å². The van der Waals surface area contributed by atoms with Crippen LogP contribution in [0, 0.1) is 5.92 Å². The molecule has 1 aliphatic carbocycles. The molecule has 12 heteroatoms. The molecule has 5 amide bonds. The highest BCUT2D eigenvalue weighted by molar-refractivity contribution is 5.91. The molecule has 39 heavy (non-hydrogen) atoms. The van der Waals surface area contributed by atoms with Crippen LogP contribution in [0.1, 0.15) is 32.1 Å². The quantitative estimate of drug-likeness (QED) is 0.313. The van der Waals surface area contributed by atoms with E-state index in [4.69, 9.17) is 9.47 Å². The first kappa shape index (κ1) is 28.6. The van der Waals surface area contributed by atoms with Crippen LogP contribution in [0.3, 0.4) is 0 Å². The van der Waals surface area contributed by atoms with Crippen molar-refractivity contribution in [1.29, 1.82) is 0 Å². The van der Waals surface area contributed by atoms with Crippen molar-refractivity contribution in [3.63, 3.8) is 0 Å². The summed E-state index contributed by atoms with van der Waals surface area (Å²) in [7, 11) is 1.71. The number of alkyl carbamates (subject to hydrolysis) is 1. The Morgan fingerprint density at radius 1 is 1.26 bits per heavy atom. The smallest absolute Gasteiger partial charge is 0.407 e. The van der Waals surface area contributed by atoms with Gasteiger partial charge in [0.15, 0.2) is 0 Å². The molecule has 4 rings (SSSR count). The predicted molar refractivity (Wildman–Crippen MR) is 143 cm³/mol. The van der Waals surface area contributed by atoms with Crippen molar-refractivity contribution in [2.75, 3.05) is 53.0 Å². The van der Waals surface area contributed by atoms with E-state index in [1.54, 1.807) is 26.9 Å². The summed E-state index contributed by atoms with van der Waals surface area (Å²) >= 11 is 0. The summed E-state index contributed by atoms with van der Waals surface area (Å²) in [5, 5.41) is 8.87. The summed E-state index contributed by atoms with van der Waals surface area (Å²) in [6, 6.07) is -1.06. The van der Waals surface area contributed by atoms with Gasteiger partial charge in [-0.3, -0.25) is 9.59 Å². The molecule has 3 heterocycles. The van der Waals surface area contributed by atoms with Gasteiger partial charge in [0.1, 0.15) is 18.8 Å². The summed E-state index contributed by atoms with van der Waals surface area (Å²) < 4.78 is 10.7. The number of nitrogens with one attached hydrogen (secondary N) is 2. The van der Waals surface area contributed by atoms with Crippen LogP contribution < -0.4 is 10.6 Å². The van der Waals surface area contributed by atoms with E-state index in [1.807, 2.05) is 12.2 Å². The molecule has 0 aromatic rings. The van der Waals surface area contributed by atoms with Crippen molar-refractivity contribution in [2.45, 2.75) is 50.4 Å². The first-order valence-electron chi connectivity index (χ1n) is 13.7. The minimum absolute atomic E-state index is 0.0162. The lowest BCUT2D eigenvalue weighted by Gasteiger charge is -2.54. The number of likely N-dealkylation sites (N-methyl/N-ethyl adjacent to an activating group) is 1. The number of carbonyl (C=O) groups excluding carboxylic acids is 4. The number of amides is 5. The Hall–Kier alpha value is -3.38. The van der Waals surface area contributed by atoms with Gasteiger partial charge < -0.3 is 29.9 Å². The maximum Gasteiger partial charge on any atom is 0.407 e. The number of urea groups is 1. The van der Waals surface area contributed by atoms with Crippen LogP contribution in [0.4, 0.5) is 9.59 Å². The van der Waals surface area contributed by atoms with Gasteiger partial charge in [0.25, 0.3) is 0 Å². The molecule has 4 atom stereocenters. The molecule has 0 aromatic heterocycles. The monoisotopic (exact) mass is 544 g/mol. The van der Waals surface area contributed by atoms with Crippen molar-refractivity contribution in [3.05, 3.63) is 37.0 Å². The second-order valence-corrected chi connectivity index (χ2v) is 10.3. The number of nitrogens with zero attached hydrogens (tertiary/aromatic N) is 4. The zero-order chi connectivity index (χ0) is 27.8. The molecule has 214 valence electrons. The van der Waals surface area contributed by atoms with E-state index < -0.39 is 18.3 Å². The molecule has 2 unspecified atom stereocenters. The number of rotatable bonds is 10. The van der Waals surface area contributed by atoms with Crippen LogP contribution in [0.15, 0.2) is 37.0 Å². The molecule has 0 spiro atoms. The number of hydrazine groups is 1. The second kappa shape index (κ2) is 13.6. The molecule has 12 nitrogen and oxygen atoms in total. The Morgan fingerprint density at radius 2 is 2.10 bits per heavy atom. The molecule has 0 saturated carbocycles. The van der Waals surface area contributed by atoms with Crippen molar-refractivity contribution < 1.29 is 28.7 Å². The number of piperazine rings is 1. The normalized spacial score (nSPS) is 26.9. The molecular weight excluding hydrogens is 504 g/mol. The fourth-order valence-corrected chi connectivity index (χ4v) is 5.53. The van der Waals surface area contributed by atoms with E-state index in [-0.39, 0.29) is 56.1 Å². The molecule has 0 aromatic carbocycles. The molecular formula is C27H40N6O6. The summed E-state index contributed by atoms with van der Waals surface area (Å²) in [5.74, 6) is -0.164. The second-order valence-electron chi connectivity index (χ2n) is 10.3. The first-order chi connectivity index (χ1) is 18.9. The van der Waals surface area contributed by atoms with E-state index in [0.29, 0.717) is 32.5 Å². The summed E-state index contributed by atoms with van der Waals surface area (Å²) in [6.45, 7) is 5.64. The summed E-state index contributed by atoms with van der Waals surface area (Å²) in [5.41, 5.74) is 0. The van der Waals surface area contributed by atoms with Gasteiger partial charge in [0.2, 0.25) is 11.8 Å². The zero-order valence-corrected chi connectivity index (χ0v) is 22.6. The average Bonchev–Trinajstić information content (AvgIpc) is 3.44. The maximum absolute atomic E-state index is 13.7. The minimum atomic E-state index is -0.751. The van der Waals surface area contributed by atoms with Gasteiger partial charge in [-0.2, -0.15) is 0 Å². The van der Waals surface area contributed by atoms with Crippen LogP contribution in [-0.4, -0.2) is 115 Å². The lowest BCUT2D eigenvalue weighted by atomic mass is 10.0. The number of ether oxygens (including phenoxy) is 2. The predicted octanol–water partition coefficient (Wildman–Crippen LogP) is 1.23. The van der Waals surface area contributed by atoms with Crippen LogP contribution in [0.2, 0.25) is 0 Å². The minimum Gasteiger partial charge on any atom is -0.445 e. The van der Waals surface area contributed by atoms with Crippen LogP contribution in [0.25, 0.3) is 0 Å². The third-order valence-corrected chi connectivity index (χ3v) is 7.44. The first-order valence-corrected chi connectivity index (χ1v) is 13.7. The molecule has 0 radical (unpaired) electrons. The fraction of sp³-hybridized carbons (Fsp3) is 0.630. The Labute approximate surface area is 229 Å². The Morgan fingerprint density at radius 3 is 2.82 bits per heavy atom. The van der Waals surface area contributed by atoms with Crippen LogP contribution in [-0.2, 0) is 19.1 Å². The van der Waals surface area contributed by atoms with Gasteiger partial charge in [-0.15, -0.1) is 0 Å². The lowest BCUT2D eigenvalue weighted by Crippen LogP contribution is -2.76. The van der Waals surface area contributed by atoms with Gasteiger partial charge >= 0.3 is 12.1 Å². The number of allylic oxidation sites excluding steroid dienone is 3. The molecule has 4 aliphatic rings. The standard InChI is InChI=1S/C27H40N6O6/c1-3-14-39-27(37)28-13-7-12-22-25(35)31(17-21-11-8-15-38-21)18-23-32(22)24(34)19-30(2)33(23)26(36)29-16-20-9-5-4-6-10-20/h3-6,9,20-23H,1,7-8,10-19H2,2H3,(H,28,37)(H,29,36)/t20?,21?,22-,23-/m0/s1.